The van der Waals surface area contributed by atoms with E-state index in [1.807, 2.05) is 57.2 Å². The molecule has 18 heavy (non-hydrogen) atoms. The Labute approximate surface area is 107 Å². The molecule has 0 aliphatic rings. The van der Waals surface area contributed by atoms with Gasteiger partial charge in [0.15, 0.2) is 0 Å². The van der Waals surface area contributed by atoms with Gasteiger partial charge in [0.25, 0.3) is 0 Å². The Morgan fingerprint density at radius 3 is 2.44 bits per heavy atom. The predicted octanol–water partition coefficient (Wildman–Crippen LogP) is 3.73. The van der Waals surface area contributed by atoms with Crippen LogP contribution in [0, 0.1) is 0 Å². The van der Waals surface area contributed by atoms with Crippen molar-refractivity contribution in [2.45, 2.75) is 26.3 Å². The van der Waals surface area contributed by atoms with E-state index >= 15 is 0 Å². The lowest BCUT2D eigenvalue weighted by atomic mass is 10.1. The number of hydrogen-bond donors (Lipinski definition) is 1. The van der Waals surface area contributed by atoms with Crippen molar-refractivity contribution in [1.82, 2.24) is 5.32 Å². The minimum absolute atomic E-state index is 0.304. The van der Waals surface area contributed by atoms with E-state index in [4.69, 9.17) is 4.74 Å². The van der Waals surface area contributed by atoms with Crippen LogP contribution in [0.25, 0.3) is 10.8 Å². The summed E-state index contributed by atoms with van der Waals surface area (Å²) in [5, 5.41) is 4.76. The molecule has 0 spiro atoms. The van der Waals surface area contributed by atoms with Gasteiger partial charge in [0.05, 0.1) is 0 Å². The van der Waals surface area contributed by atoms with Crippen molar-refractivity contribution in [2.75, 3.05) is 0 Å². The normalized spacial score (nSPS) is 11.3. The molecule has 0 fully saturated rings. The third kappa shape index (κ3) is 3.00. The fourth-order valence-corrected chi connectivity index (χ4v) is 1.72. The van der Waals surface area contributed by atoms with Gasteiger partial charge in [-0.15, -0.1) is 0 Å². The second kappa shape index (κ2) is 4.69. The van der Waals surface area contributed by atoms with E-state index in [1.54, 1.807) is 6.07 Å². The lowest BCUT2D eigenvalue weighted by Crippen LogP contribution is -2.42. The van der Waals surface area contributed by atoms with E-state index in [9.17, 15) is 4.79 Å². The topological polar surface area (TPSA) is 38.3 Å². The Balaban J connectivity index is 2.24. The summed E-state index contributed by atoms with van der Waals surface area (Å²) in [4.78, 5) is 11.7. The first-order valence-corrected chi connectivity index (χ1v) is 5.93. The van der Waals surface area contributed by atoms with E-state index < -0.39 is 6.09 Å². The highest BCUT2D eigenvalue weighted by atomic mass is 16.6. The van der Waals surface area contributed by atoms with Gasteiger partial charge in [0.1, 0.15) is 5.75 Å². The number of carbonyl (C=O) groups excluding carboxylic acids is 1. The Hall–Kier alpha value is -2.03. The molecule has 0 atom stereocenters. The van der Waals surface area contributed by atoms with Crippen LogP contribution in [0.3, 0.4) is 0 Å². The van der Waals surface area contributed by atoms with E-state index in [-0.39, 0.29) is 5.54 Å². The molecule has 0 unspecified atom stereocenters. The first-order valence-electron chi connectivity index (χ1n) is 5.93. The molecule has 0 radical (unpaired) electrons. The Bertz CT molecular complexity index is 565. The molecular weight excluding hydrogens is 226 g/mol. The minimum Gasteiger partial charge on any atom is -0.410 e. The van der Waals surface area contributed by atoms with Crippen LogP contribution in [0.4, 0.5) is 4.79 Å². The highest BCUT2D eigenvalue weighted by molar-refractivity contribution is 5.90. The number of amides is 1. The Morgan fingerprint density at radius 2 is 1.72 bits per heavy atom. The van der Waals surface area contributed by atoms with Crippen LogP contribution < -0.4 is 10.1 Å². The average Bonchev–Trinajstić information content (AvgIpc) is 2.27. The Morgan fingerprint density at radius 1 is 1.06 bits per heavy atom. The summed E-state index contributed by atoms with van der Waals surface area (Å²) in [7, 11) is 0. The maximum Gasteiger partial charge on any atom is 0.413 e. The molecule has 0 aliphatic carbocycles. The molecule has 0 bridgehead atoms. The molecule has 0 aliphatic heterocycles. The lowest BCUT2D eigenvalue weighted by molar-refractivity contribution is 0.191. The molecule has 94 valence electrons. The van der Waals surface area contributed by atoms with Gasteiger partial charge >= 0.3 is 6.09 Å². The highest BCUT2D eigenvalue weighted by Gasteiger charge is 2.15. The van der Waals surface area contributed by atoms with E-state index in [2.05, 4.69) is 5.32 Å². The molecule has 3 nitrogen and oxygen atoms in total. The molecule has 0 saturated carbocycles. The van der Waals surface area contributed by atoms with Gasteiger partial charge in [-0.1, -0.05) is 36.4 Å². The fraction of sp³-hybridized carbons (Fsp3) is 0.267. The maximum atomic E-state index is 11.7. The number of rotatable bonds is 1. The van der Waals surface area contributed by atoms with Crippen LogP contribution in [-0.2, 0) is 0 Å². The first-order chi connectivity index (χ1) is 8.46. The zero-order chi connectivity index (χ0) is 13.2. The van der Waals surface area contributed by atoms with Gasteiger partial charge in [-0.3, -0.25) is 0 Å². The molecule has 0 heterocycles. The maximum absolute atomic E-state index is 11.7. The summed E-state index contributed by atoms with van der Waals surface area (Å²) in [5.74, 6) is 0.579. The summed E-state index contributed by atoms with van der Waals surface area (Å²) >= 11 is 0. The summed E-state index contributed by atoms with van der Waals surface area (Å²) in [5.41, 5.74) is -0.304. The molecular formula is C15H17NO2. The zero-order valence-electron chi connectivity index (χ0n) is 10.9. The second-order valence-electron chi connectivity index (χ2n) is 5.24. The van der Waals surface area contributed by atoms with Crippen molar-refractivity contribution < 1.29 is 9.53 Å². The molecule has 0 saturated heterocycles. The van der Waals surface area contributed by atoms with E-state index in [1.165, 1.54) is 0 Å². The van der Waals surface area contributed by atoms with Gasteiger partial charge in [0.2, 0.25) is 0 Å². The molecule has 2 aromatic rings. The van der Waals surface area contributed by atoms with Gasteiger partial charge < -0.3 is 10.1 Å². The zero-order valence-corrected chi connectivity index (χ0v) is 10.9. The van der Waals surface area contributed by atoms with Crippen LogP contribution in [0.15, 0.2) is 42.5 Å². The quantitative estimate of drug-likeness (QED) is 0.828. The second-order valence-corrected chi connectivity index (χ2v) is 5.24. The molecule has 3 heteroatoms. The number of ether oxygens (including phenoxy) is 1. The Kier molecular flexibility index (Phi) is 3.24. The monoisotopic (exact) mass is 243 g/mol. The van der Waals surface area contributed by atoms with Crippen LogP contribution in [0.2, 0.25) is 0 Å². The fourth-order valence-electron chi connectivity index (χ4n) is 1.72. The minimum atomic E-state index is -0.432. The van der Waals surface area contributed by atoms with Crippen molar-refractivity contribution in [1.29, 1.82) is 0 Å². The standard InChI is InChI=1S/C15H17NO2/c1-15(2,3)16-14(17)18-13-10-6-8-11-7-4-5-9-12(11)13/h4-10H,1-3H3,(H,16,17). The van der Waals surface area contributed by atoms with E-state index in [0.29, 0.717) is 5.75 Å². The van der Waals surface area contributed by atoms with Crippen molar-refractivity contribution in [3.63, 3.8) is 0 Å². The van der Waals surface area contributed by atoms with Gasteiger partial charge in [0, 0.05) is 10.9 Å². The molecule has 2 aromatic carbocycles. The summed E-state index contributed by atoms with van der Waals surface area (Å²) in [6.07, 6.45) is -0.432. The lowest BCUT2D eigenvalue weighted by Gasteiger charge is -2.20. The SMILES string of the molecule is CC(C)(C)NC(=O)Oc1cccc2ccccc12. The van der Waals surface area contributed by atoms with Crippen molar-refractivity contribution in [3.05, 3.63) is 42.5 Å². The van der Waals surface area contributed by atoms with Gasteiger partial charge in [-0.05, 0) is 32.2 Å². The summed E-state index contributed by atoms with van der Waals surface area (Å²) < 4.78 is 5.35. The molecule has 2 rings (SSSR count). The largest absolute Gasteiger partial charge is 0.413 e. The van der Waals surface area contributed by atoms with E-state index in [0.717, 1.165) is 10.8 Å². The number of nitrogens with one attached hydrogen (secondary N) is 1. The molecule has 0 aromatic heterocycles. The third-order valence-electron chi connectivity index (χ3n) is 2.43. The van der Waals surface area contributed by atoms with Gasteiger partial charge in [-0.25, -0.2) is 4.79 Å². The van der Waals surface area contributed by atoms with Crippen LogP contribution in [-0.4, -0.2) is 11.6 Å². The molecule has 1 N–H and O–H groups in total. The summed E-state index contributed by atoms with van der Waals surface area (Å²) in [6, 6.07) is 13.5. The van der Waals surface area contributed by atoms with Crippen molar-refractivity contribution >= 4 is 16.9 Å². The molecule has 1 amide bonds. The first kappa shape index (κ1) is 12.4. The summed E-state index contributed by atoms with van der Waals surface area (Å²) in [6.45, 7) is 5.74. The highest BCUT2D eigenvalue weighted by Crippen LogP contribution is 2.25. The smallest absolute Gasteiger partial charge is 0.410 e. The van der Waals surface area contributed by atoms with Crippen LogP contribution in [0.5, 0.6) is 5.75 Å². The van der Waals surface area contributed by atoms with Gasteiger partial charge in [-0.2, -0.15) is 0 Å². The third-order valence-corrected chi connectivity index (χ3v) is 2.43. The number of carbonyl (C=O) groups is 1. The average molecular weight is 243 g/mol. The number of hydrogen-bond acceptors (Lipinski definition) is 2. The van der Waals surface area contributed by atoms with Crippen LogP contribution >= 0.6 is 0 Å². The van der Waals surface area contributed by atoms with Crippen molar-refractivity contribution in [2.24, 2.45) is 0 Å². The van der Waals surface area contributed by atoms with Crippen LogP contribution in [0.1, 0.15) is 20.8 Å². The number of benzene rings is 2. The van der Waals surface area contributed by atoms with Crippen molar-refractivity contribution in [3.8, 4) is 5.75 Å². The predicted molar refractivity (Wildman–Crippen MR) is 72.9 cm³/mol. The number of fused-ring (bicyclic) bond motifs is 1.